The van der Waals surface area contributed by atoms with E-state index in [4.69, 9.17) is 5.73 Å². The molecule has 3 rings (SSSR count). The average molecular weight is 345 g/mol. The van der Waals surface area contributed by atoms with Crippen molar-refractivity contribution in [2.75, 3.05) is 5.73 Å². The third-order valence-electron chi connectivity index (χ3n) is 3.80. The number of hydrogen-bond acceptors (Lipinski definition) is 2. The van der Waals surface area contributed by atoms with Crippen LogP contribution in [-0.4, -0.2) is 5.91 Å². The minimum absolute atomic E-state index is 0.0588. The van der Waals surface area contributed by atoms with E-state index in [0.29, 0.717) is 17.2 Å². The summed E-state index contributed by atoms with van der Waals surface area (Å²) in [5.74, 6) is 0.491. The van der Waals surface area contributed by atoms with Gasteiger partial charge in [-0.2, -0.15) is 0 Å². The second-order valence-corrected chi connectivity index (χ2v) is 6.29. The summed E-state index contributed by atoms with van der Waals surface area (Å²) >= 11 is 3.36. The van der Waals surface area contributed by atoms with Gasteiger partial charge in [-0.3, -0.25) is 4.79 Å². The highest BCUT2D eigenvalue weighted by Gasteiger charge is 2.33. The van der Waals surface area contributed by atoms with E-state index in [9.17, 15) is 4.79 Å². The number of nitrogens with one attached hydrogen (secondary N) is 1. The summed E-state index contributed by atoms with van der Waals surface area (Å²) < 4.78 is 0.748. The van der Waals surface area contributed by atoms with Crippen LogP contribution in [0.1, 0.15) is 34.8 Å². The van der Waals surface area contributed by atoms with Gasteiger partial charge >= 0.3 is 0 Å². The lowest BCUT2D eigenvalue weighted by Crippen LogP contribution is -2.29. The second-order valence-electron chi connectivity index (χ2n) is 5.44. The maximum Gasteiger partial charge on any atom is 0.251 e. The Morgan fingerprint density at radius 1 is 1.19 bits per heavy atom. The van der Waals surface area contributed by atoms with E-state index in [0.717, 1.165) is 4.47 Å². The van der Waals surface area contributed by atoms with Crippen LogP contribution >= 0.6 is 15.9 Å². The molecule has 0 aliphatic heterocycles. The van der Waals surface area contributed by atoms with Crippen LogP contribution in [0.2, 0.25) is 0 Å². The minimum atomic E-state index is -0.0588. The molecule has 4 heteroatoms. The average Bonchev–Trinajstić information content (AvgIpc) is 3.33. The van der Waals surface area contributed by atoms with Crippen LogP contribution in [0.15, 0.2) is 53.0 Å². The van der Waals surface area contributed by atoms with Crippen molar-refractivity contribution in [2.24, 2.45) is 5.92 Å². The van der Waals surface area contributed by atoms with Gasteiger partial charge in [0.2, 0.25) is 0 Å². The highest BCUT2D eigenvalue weighted by Crippen LogP contribution is 2.41. The van der Waals surface area contributed by atoms with Gasteiger partial charge in [0.15, 0.2) is 0 Å². The summed E-state index contributed by atoms with van der Waals surface area (Å²) in [7, 11) is 0. The van der Waals surface area contributed by atoms with Crippen molar-refractivity contribution in [3.63, 3.8) is 0 Å². The molecule has 0 bridgehead atoms. The molecule has 0 saturated heterocycles. The smallest absolute Gasteiger partial charge is 0.251 e. The Balaban J connectivity index is 1.79. The van der Waals surface area contributed by atoms with Crippen molar-refractivity contribution in [1.82, 2.24) is 5.32 Å². The number of hydrogen-bond donors (Lipinski definition) is 2. The molecule has 1 aliphatic rings. The summed E-state index contributed by atoms with van der Waals surface area (Å²) in [4.78, 5) is 12.5. The van der Waals surface area contributed by atoms with E-state index in [1.807, 2.05) is 18.2 Å². The van der Waals surface area contributed by atoms with Crippen LogP contribution < -0.4 is 11.1 Å². The minimum Gasteiger partial charge on any atom is -0.398 e. The highest BCUT2D eigenvalue weighted by atomic mass is 79.9. The Labute approximate surface area is 132 Å². The van der Waals surface area contributed by atoms with Gasteiger partial charge in [-0.25, -0.2) is 0 Å². The molecule has 2 aromatic carbocycles. The van der Waals surface area contributed by atoms with Gasteiger partial charge in [-0.05, 0) is 58.5 Å². The number of amides is 1. The first-order valence-corrected chi connectivity index (χ1v) is 7.85. The lowest BCUT2D eigenvalue weighted by molar-refractivity contribution is 0.0931. The Morgan fingerprint density at radius 2 is 1.90 bits per heavy atom. The lowest BCUT2D eigenvalue weighted by Gasteiger charge is -2.19. The molecule has 1 saturated carbocycles. The lowest BCUT2D eigenvalue weighted by atomic mass is 10.0. The number of carbonyl (C=O) groups is 1. The zero-order valence-electron chi connectivity index (χ0n) is 11.6. The van der Waals surface area contributed by atoms with Crippen LogP contribution in [0.3, 0.4) is 0 Å². The summed E-state index contributed by atoms with van der Waals surface area (Å²) in [6.45, 7) is 0. The maximum atomic E-state index is 12.5. The monoisotopic (exact) mass is 344 g/mol. The zero-order chi connectivity index (χ0) is 14.8. The van der Waals surface area contributed by atoms with Crippen molar-refractivity contribution in [2.45, 2.75) is 18.9 Å². The molecule has 0 aromatic heterocycles. The molecular weight excluding hydrogens is 328 g/mol. The first kappa shape index (κ1) is 14.1. The zero-order valence-corrected chi connectivity index (χ0v) is 13.1. The van der Waals surface area contributed by atoms with E-state index in [2.05, 4.69) is 33.4 Å². The first-order valence-electron chi connectivity index (χ1n) is 7.06. The quantitative estimate of drug-likeness (QED) is 0.826. The third kappa shape index (κ3) is 3.27. The van der Waals surface area contributed by atoms with Gasteiger partial charge < -0.3 is 11.1 Å². The molecule has 0 radical (unpaired) electrons. The molecule has 1 unspecified atom stereocenters. The first-order chi connectivity index (χ1) is 10.1. The molecule has 21 heavy (non-hydrogen) atoms. The number of benzene rings is 2. The largest absolute Gasteiger partial charge is 0.398 e. The Hall–Kier alpha value is -1.81. The van der Waals surface area contributed by atoms with E-state index in [1.54, 1.807) is 18.2 Å². The fraction of sp³-hybridized carbons (Fsp3) is 0.235. The van der Waals surface area contributed by atoms with Crippen molar-refractivity contribution in [3.05, 3.63) is 64.1 Å². The fourth-order valence-corrected chi connectivity index (χ4v) is 2.84. The van der Waals surface area contributed by atoms with Crippen molar-refractivity contribution >= 4 is 27.5 Å². The standard InChI is InChI=1S/C17H17BrN2O/c18-14-10-13(8-9-15(14)19)17(21)20-16(12-6-7-12)11-4-2-1-3-5-11/h1-5,8-10,12,16H,6-7,19H2,(H,20,21). The van der Waals surface area contributed by atoms with E-state index in [-0.39, 0.29) is 11.9 Å². The summed E-state index contributed by atoms with van der Waals surface area (Å²) in [6, 6.07) is 15.5. The molecular formula is C17H17BrN2O. The topological polar surface area (TPSA) is 55.1 Å². The van der Waals surface area contributed by atoms with Gasteiger partial charge in [0.25, 0.3) is 5.91 Å². The van der Waals surface area contributed by atoms with Crippen LogP contribution in [-0.2, 0) is 0 Å². The Morgan fingerprint density at radius 3 is 2.52 bits per heavy atom. The summed E-state index contributed by atoms with van der Waals surface area (Å²) in [5, 5.41) is 3.16. The normalized spacial score (nSPS) is 15.5. The van der Waals surface area contributed by atoms with Crippen LogP contribution in [0, 0.1) is 5.92 Å². The predicted octanol–water partition coefficient (Wildman–Crippen LogP) is 3.91. The predicted molar refractivity (Wildman–Crippen MR) is 87.9 cm³/mol. The summed E-state index contributed by atoms with van der Waals surface area (Å²) in [6.07, 6.45) is 2.34. The van der Waals surface area contributed by atoms with Crippen molar-refractivity contribution in [1.29, 1.82) is 0 Å². The molecule has 108 valence electrons. The maximum absolute atomic E-state index is 12.5. The molecule has 1 fully saturated rings. The van der Waals surface area contributed by atoms with Crippen LogP contribution in [0.5, 0.6) is 0 Å². The molecule has 3 N–H and O–H groups in total. The SMILES string of the molecule is Nc1ccc(C(=O)NC(c2ccccc2)C2CC2)cc1Br. The molecule has 0 spiro atoms. The Bertz CT molecular complexity index is 653. The molecule has 3 nitrogen and oxygen atoms in total. The van der Waals surface area contributed by atoms with Gasteiger partial charge in [0, 0.05) is 15.7 Å². The molecule has 1 amide bonds. The number of nitrogens with two attached hydrogens (primary N) is 1. The molecule has 2 aromatic rings. The van der Waals surface area contributed by atoms with Gasteiger partial charge in [-0.15, -0.1) is 0 Å². The Kier molecular flexibility index (Phi) is 3.97. The number of nitrogen functional groups attached to an aromatic ring is 1. The van der Waals surface area contributed by atoms with Crippen LogP contribution in [0.25, 0.3) is 0 Å². The van der Waals surface area contributed by atoms with Gasteiger partial charge in [0.1, 0.15) is 0 Å². The van der Waals surface area contributed by atoms with Gasteiger partial charge in [-0.1, -0.05) is 30.3 Å². The summed E-state index contributed by atoms with van der Waals surface area (Å²) in [5.41, 5.74) is 8.19. The van der Waals surface area contributed by atoms with Crippen LogP contribution in [0.4, 0.5) is 5.69 Å². The molecule has 1 atom stereocenters. The third-order valence-corrected chi connectivity index (χ3v) is 4.49. The van der Waals surface area contributed by atoms with E-state index < -0.39 is 0 Å². The number of anilines is 1. The van der Waals surface area contributed by atoms with Crippen molar-refractivity contribution in [3.8, 4) is 0 Å². The van der Waals surface area contributed by atoms with Gasteiger partial charge in [0.05, 0.1) is 6.04 Å². The number of halogens is 1. The van der Waals surface area contributed by atoms with E-state index >= 15 is 0 Å². The molecule has 1 aliphatic carbocycles. The fourth-order valence-electron chi connectivity index (χ4n) is 2.46. The number of rotatable bonds is 4. The van der Waals surface area contributed by atoms with Crippen molar-refractivity contribution < 1.29 is 4.79 Å². The van der Waals surface area contributed by atoms with E-state index in [1.165, 1.54) is 18.4 Å². The highest BCUT2D eigenvalue weighted by molar-refractivity contribution is 9.10. The number of carbonyl (C=O) groups excluding carboxylic acids is 1. The molecule has 0 heterocycles. The second kappa shape index (κ2) is 5.90.